The van der Waals surface area contributed by atoms with Crippen molar-refractivity contribution in [2.75, 3.05) is 20.4 Å². The molecule has 1 aromatic carbocycles. The maximum atomic E-state index is 10.7. The topological polar surface area (TPSA) is 51.2 Å². The van der Waals surface area contributed by atoms with E-state index in [1.807, 2.05) is 12.1 Å². The zero-order valence-corrected chi connectivity index (χ0v) is 13.5. The van der Waals surface area contributed by atoms with E-state index in [4.69, 9.17) is 14.2 Å². The van der Waals surface area contributed by atoms with E-state index in [0.29, 0.717) is 12.3 Å². The van der Waals surface area contributed by atoms with Crippen LogP contribution in [0.2, 0.25) is 0 Å². The number of rotatable bonds is 1. The SMILES string of the molecule is C=C1C=C2C=C[C@H](OC)C[C@@]23c2cc4c(cc2[C@@H](O)CN13)OCO4. The van der Waals surface area contributed by atoms with Crippen LogP contribution >= 0.6 is 0 Å². The van der Waals surface area contributed by atoms with E-state index in [9.17, 15) is 5.11 Å². The standard InChI is InChI=1S/C19H19NO4/c1-11-5-12-3-4-13(22-2)8-19(12)15-7-18-17(23-10-24-18)6-14(15)16(21)9-20(11)19/h3-7,13,16,21H,1,8-10H2,2H3/t13-,16-,19-/m0/s1. The van der Waals surface area contributed by atoms with Crippen molar-refractivity contribution in [1.82, 2.24) is 4.90 Å². The Morgan fingerprint density at radius 1 is 1.33 bits per heavy atom. The highest BCUT2D eigenvalue weighted by atomic mass is 16.7. The molecule has 0 saturated carbocycles. The fourth-order valence-corrected chi connectivity index (χ4v) is 4.47. The number of fused-ring (bicyclic) bond motifs is 2. The second-order valence-electron chi connectivity index (χ2n) is 6.71. The lowest BCUT2D eigenvalue weighted by atomic mass is 9.70. The lowest BCUT2D eigenvalue weighted by Crippen LogP contribution is -2.51. The second-order valence-corrected chi connectivity index (χ2v) is 6.71. The van der Waals surface area contributed by atoms with E-state index >= 15 is 0 Å². The van der Waals surface area contributed by atoms with Gasteiger partial charge in [-0.05, 0) is 34.9 Å². The molecule has 4 aliphatic rings. The van der Waals surface area contributed by atoms with Crippen molar-refractivity contribution in [2.24, 2.45) is 0 Å². The van der Waals surface area contributed by atoms with Crippen LogP contribution in [0.25, 0.3) is 0 Å². The van der Waals surface area contributed by atoms with Crippen molar-refractivity contribution < 1.29 is 19.3 Å². The van der Waals surface area contributed by atoms with Crippen molar-refractivity contribution in [3.63, 3.8) is 0 Å². The maximum absolute atomic E-state index is 10.7. The van der Waals surface area contributed by atoms with E-state index in [1.165, 1.54) is 5.57 Å². The number of aliphatic hydroxyl groups excluding tert-OH is 1. The minimum Gasteiger partial charge on any atom is -0.454 e. The third kappa shape index (κ3) is 1.61. The first-order chi connectivity index (χ1) is 11.6. The summed E-state index contributed by atoms with van der Waals surface area (Å²) in [4.78, 5) is 2.20. The quantitative estimate of drug-likeness (QED) is 0.859. The van der Waals surface area contributed by atoms with Gasteiger partial charge in [0.15, 0.2) is 11.5 Å². The highest BCUT2D eigenvalue weighted by molar-refractivity contribution is 5.61. The molecule has 24 heavy (non-hydrogen) atoms. The van der Waals surface area contributed by atoms with Crippen LogP contribution in [0.3, 0.4) is 0 Å². The zero-order chi connectivity index (χ0) is 16.5. The fraction of sp³-hybridized carbons (Fsp3) is 0.368. The average Bonchev–Trinajstić information content (AvgIpc) is 3.15. The molecule has 0 saturated heterocycles. The average molecular weight is 325 g/mol. The molecule has 3 atom stereocenters. The van der Waals surface area contributed by atoms with E-state index < -0.39 is 6.10 Å². The number of ether oxygens (including phenoxy) is 3. The summed E-state index contributed by atoms with van der Waals surface area (Å²) in [6.07, 6.45) is 6.53. The molecule has 0 bridgehead atoms. The van der Waals surface area contributed by atoms with Gasteiger partial charge in [-0.1, -0.05) is 18.7 Å². The molecule has 0 amide bonds. The maximum Gasteiger partial charge on any atom is 0.231 e. The van der Waals surface area contributed by atoms with Gasteiger partial charge in [0.2, 0.25) is 6.79 Å². The normalized spacial score (nSPS) is 32.3. The molecule has 0 fully saturated rings. The molecule has 0 aromatic heterocycles. The van der Waals surface area contributed by atoms with E-state index in [0.717, 1.165) is 29.0 Å². The molecule has 1 aliphatic carbocycles. The summed E-state index contributed by atoms with van der Waals surface area (Å²) in [5.41, 5.74) is 3.71. The number of nitrogens with zero attached hydrogens (tertiary/aromatic N) is 1. The summed E-state index contributed by atoms with van der Waals surface area (Å²) in [5, 5.41) is 10.7. The summed E-state index contributed by atoms with van der Waals surface area (Å²) in [6.45, 7) is 4.93. The summed E-state index contributed by atoms with van der Waals surface area (Å²) < 4.78 is 16.7. The third-order valence-corrected chi connectivity index (χ3v) is 5.60. The molecule has 5 heteroatoms. The third-order valence-electron chi connectivity index (χ3n) is 5.60. The van der Waals surface area contributed by atoms with Crippen LogP contribution in [0.1, 0.15) is 23.7 Å². The Kier molecular flexibility index (Phi) is 2.74. The Bertz CT molecular complexity index is 812. The highest BCUT2D eigenvalue weighted by Crippen LogP contribution is 2.56. The van der Waals surface area contributed by atoms with Gasteiger partial charge in [0.05, 0.1) is 17.7 Å². The smallest absolute Gasteiger partial charge is 0.231 e. The zero-order valence-electron chi connectivity index (χ0n) is 13.5. The molecule has 5 nitrogen and oxygen atoms in total. The van der Waals surface area contributed by atoms with E-state index in [2.05, 4.69) is 29.7 Å². The molecule has 1 spiro atoms. The van der Waals surface area contributed by atoms with Crippen LogP contribution in [-0.2, 0) is 10.3 Å². The number of hydrogen-bond donors (Lipinski definition) is 1. The summed E-state index contributed by atoms with van der Waals surface area (Å²) in [5.74, 6) is 1.44. The minimum absolute atomic E-state index is 0.0177. The second kappa shape index (κ2) is 4.65. The lowest BCUT2D eigenvalue weighted by Gasteiger charge is -2.50. The molecule has 0 radical (unpaired) electrons. The monoisotopic (exact) mass is 325 g/mol. The predicted octanol–water partition coefficient (Wildman–Crippen LogP) is 2.39. The first kappa shape index (κ1) is 14.1. The van der Waals surface area contributed by atoms with Gasteiger partial charge in [-0.25, -0.2) is 0 Å². The molecule has 3 heterocycles. The lowest BCUT2D eigenvalue weighted by molar-refractivity contribution is 0.0245. The van der Waals surface area contributed by atoms with Crippen LogP contribution in [0.5, 0.6) is 11.5 Å². The van der Waals surface area contributed by atoms with Gasteiger partial charge in [0, 0.05) is 25.8 Å². The first-order valence-electron chi connectivity index (χ1n) is 8.15. The van der Waals surface area contributed by atoms with Gasteiger partial charge in [-0.2, -0.15) is 0 Å². The predicted molar refractivity (Wildman–Crippen MR) is 87.7 cm³/mol. The number of allylic oxidation sites excluding steroid dienone is 1. The Labute approximate surface area is 140 Å². The van der Waals surface area contributed by atoms with Gasteiger partial charge in [-0.15, -0.1) is 0 Å². The number of hydrogen-bond acceptors (Lipinski definition) is 5. The summed E-state index contributed by atoms with van der Waals surface area (Å²) in [6, 6.07) is 3.94. The largest absolute Gasteiger partial charge is 0.454 e. The van der Waals surface area contributed by atoms with E-state index in [1.54, 1.807) is 7.11 Å². The van der Waals surface area contributed by atoms with Crippen molar-refractivity contribution in [3.05, 3.63) is 59.3 Å². The Hall–Kier alpha value is -2.24. The molecule has 1 N–H and O–H groups in total. The van der Waals surface area contributed by atoms with Crippen molar-refractivity contribution >= 4 is 0 Å². The Morgan fingerprint density at radius 3 is 2.92 bits per heavy atom. The van der Waals surface area contributed by atoms with Crippen LogP contribution < -0.4 is 9.47 Å². The van der Waals surface area contributed by atoms with E-state index in [-0.39, 0.29) is 18.4 Å². The number of aliphatic hydroxyl groups is 1. The van der Waals surface area contributed by atoms with Gasteiger partial charge in [0.1, 0.15) is 0 Å². The first-order valence-corrected chi connectivity index (χ1v) is 8.15. The van der Waals surface area contributed by atoms with Gasteiger partial charge < -0.3 is 24.2 Å². The summed E-state index contributed by atoms with van der Waals surface area (Å²) in [7, 11) is 1.73. The molecular formula is C19H19NO4. The van der Waals surface area contributed by atoms with Gasteiger partial charge in [-0.3, -0.25) is 0 Å². The molecule has 1 aromatic rings. The van der Waals surface area contributed by atoms with Gasteiger partial charge in [0.25, 0.3) is 0 Å². The van der Waals surface area contributed by atoms with Crippen molar-refractivity contribution in [1.29, 1.82) is 0 Å². The Balaban J connectivity index is 1.77. The van der Waals surface area contributed by atoms with Crippen LogP contribution in [0, 0.1) is 0 Å². The van der Waals surface area contributed by atoms with Crippen LogP contribution in [-0.4, -0.2) is 36.6 Å². The Morgan fingerprint density at radius 2 is 2.12 bits per heavy atom. The van der Waals surface area contributed by atoms with Crippen molar-refractivity contribution in [3.8, 4) is 11.5 Å². The van der Waals surface area contributed by atoms with Crippen LogP contribution in [0.15, 0.2) is 48.2 Å². The van der Waals surface area contributed by atoms with Gasteiger partial charge >= 0.3 is 0 Å². The number of methoxy groups -OCH3 is 1. The molecule has 5 rings (SSSR count). The minimum atomic E-state index is -0.587. The highest BCUT2D eigenvalue weighted by Gasteiger charge is 2.53. The molecule has 0 unspecified atom stereocenters. The molecular weight excluding hydrogens is 306 g/mol. The molecule has 3 aliphatic heterocycles. The summed E-state index contributed by atoms with van der Waals surface area (Å²) >= 11 is 0. The molecule has 124 valence electrons. The van der Waals surface area contributed by atoms with Crippen LogP contribution in [0.4, 0.5) is 0 Å². The van der Waals surface area contributed by atoms with Crippen molar-refractivity contribution in [2.45, 2.75) is 24.2 Å². The number of benzene rings is 1. The fourth-order valence-electron chi connectivity index (χ4n) is 4.47.